The van der Waals surface area contributed by atoms with Crippen molar-refractivity contribution in [3.05, 3.63) is 35.4 Å². The molecular weight excluding hydrogens is 540 g/mol. The van der Waals surface area contributed by atoms with Gasteiger partial charge in [-0.15, -0.1) is 0 Å². The van der Waals surface area contributed by atoms with Crippen molar-refractivity contribution in [2.45, 2.75) is 5.82 Å². The Hall–Kier alpha value is -0.551. The number of nitrogens with zero attached hydrogens (tertiary/aromatic N) is 1. The first-order valence-corrected chi connectivity index (χ1v) is 12.8. The predicted octanol–water partition coefficient (Wildman–Crippen LogP) is -5.90. The van der Waals surface area contributed by atoms with Crippen molar-refractivity contribution in [2.75, 3.05) is 33.2 Å². The molecule has 0 bridgehead atoms. The number of nitrogens with one attached hydrogen (secondary N) is 1. The summed E-state index contributed by atoms with van der Waals surface area (Å²) in [6.07, 6.45) is 0. The number of amides is 1. The average molecular weight is 559 g/mol. The van der Waals surface area contributed by atoms with E-state index in [1.54, 1.807) is 19.2 Å². The van der Waals surface area contributed by atoms with E-state index in [0.29, 0.717) is 28.3 Å². The van der Waals surface area contributed by atoms with Gasteiger partial charge in [0, 0.05) is 0 Å². The van der Waals surface area contributed by atoms with Crippen LogP contribution >= 0.6 is 7.82 Å². The van der Waals surface area contributed by atoms with Gasteiger partial charge >= 0.3 is 244 Å². The van der Waals surface area contributed by atoms with Crippen LogP contribution < -0.4 is 97.4 Å². The Morgan fingerprint density at radius 2 is 1.70 bits per heavy atom. The maximum Gasteiger partial charge on any atom is 1.00 e. The Morgan fingerprint density at radius 1 is 1.03 bits per heavy atom. The molecule has 0 atom stereocenters. The Bertz CT molecular complexity index is 1080. The zero-order valence-corrected chi connectivity index (χ0v) is 25.7. The molecule has 2 aromatic carbocycles. The number of phosphoric ester groups is 1. The summed E-state index contributed by atoms with van der Waals surface area (Å²) in [6, 6.07) is 6.61. The van der Waals surface area contributed by atoms with Gasteiger partial charge in [-0.05, 0) is 0 Å². The van der Waals surface area contributed by atoms with Gasteiger partial charge in [-0.25, -0.2) is 0 Å². The molecule has 0 saturated carbocycles. The van der Waals surface area contributed by atoms with Crippen LogP contribution in [-0.4, -0.2) is 54.4 Å². The van der Waals surface area contributed by atoms with Crippen molar-refractivity contribution in [1.29, 1.82) is 0 Å². The third kappa shape index (κ3) is 6.99. The number of hydrogen-bond acceptors (Lipinski definition) is 9. The van der Waals surface area contributed by atoms with Crippen LogP contribution in [0.25, 0.3) is 0 Å². The number of benzodiazepines with no additional fused rings is 1. The molecule has 0 unspecified atom stereocenters. The molecule has 0 saturated heterocycles. The second-order valence-electron chi connectivity index (χ2n) is 6.19. The normalized spacial score (nSPS) is 12.7. The Labute approximate surface area is 241 Å². The second kappa shape index (κ2) is 13.0. The first kappa shape index (κ1) is 30.5. The minimum Gasteiger partial charge on any atom is 1.00 e. The molecule has 3 rings (SSSR count). The number of fused-ring (bicyclic) bond motifs is 1. The molecule has 1 heterocycles. The van der Waals surface area contributed by atoms with E-state index in [9.17, 15) is 19.1 Å². The number of rotatable bonds is 7. The summed E-state index contributed by atoms with van der Waals surface area (Å²) in [5.41, 5.74) is 1.35. The van der Waals surface area contributed by atoms with Crippen LogP contribution in [0.3, 0.4) is 0 Å². The van der Waals surface area contributed by atoms with E-state index in [4.69, 9.17) is 14.2 Å². The number of benzene rings is 2. The van der Waals surface area contributed by atoms with Gasteiger partial charge < -0.3 is 0 Å². The summed E-state index contributed by atoms with van der Waals surface area (Å²) in [5, 5.41) is 2.56. The zero-order chi connectivity index (χ0) is 22.8. The molecule has 0 aromatic heterocycles. The standard InChI is InChI=1S/C19H21N2O8PSe.2Na/c1-26-12-6-5-11-16(10-7-13(27-2)18(28-3)14(8-10)31-4)20-9-15(22)21-17(11)19(12)29-30(23,24)25;;/h5-8H,9H2,1-4H3,(H,21,22)(H2,23,24,25);;/q;2*+1/p-2. The number of hydrogen-bond donors (Lipinski definition) is 1. The van der Waals surface area contributed by atoms with Crippen LogP contribution in [0.4, 0.5) is 5.69 Å². The van der Waals surface area contributed by atoms with Gasteiger partial charge in [-0.2, -0.15) is 0 Å². The number of carbonyl (C=O) groups is 1. The summed E-state index contributed by atoms with van der Waals surface area (Å²) in [4.78, 5) is 39.4. The second-order valence-corrected chi connectivity index (χ2v) is 9.04. The van der Waals surface area contributed by atoms with Crippen molar-refractivity contribution in [2.24, 2.45) is 4.99 Å². The van der Waals surface area contributed by atoms with Gasteiger partial charge in [0.05, 0.1) is 0 Å². The van der Waals surface area contributed by atoms with Crippen molar-refractivity contribution in [1.82, 2.24) is 0 Å². The number of phosphoric acid groups is 1. The largest absolute Gasteiger partial charge is 1.00 e. The van der Waals surface area contributed by atoms with Crippen LogP contribution in [0.5, 0.6) is 23.0 Å². The molecule has 2 aromatic rings. The van der Waals surface area contributed by atoms with Crippen LogP contribution in [0.1, 0.15) is 11.1 Å². The topological polar surface area (TPSA) is 142 Å². The Kier molecular flexibility index (Phi) is 12.0. The maximum absolute atomic E-state index is 12.3. The van der Waals surface area contributed by atoms with Gasteiger partial charge in [-0.1, -0.05) is 0 Å². The summed E-state index contributed by atoms with van der Waals surface area (Å²) in [6.45, 7) is -0.223. The summed E-state index contributed by atoms with van der Waals surface area (Å²) in [5.74, 6) is 2.16. The smallest absolute Gasteiger partial charge is 1.00 e. The van der Waals surface area contributed by atoms with Gasteiger partial charge in [0.15, 0.2) is 0 Å². The number of carbonyl (C=O) groups excluding carboxylic acids is 1. The van der Waals surface area contributed by atoms with Gasteiger partial charge in [0.2, 0.25) is 0 Å². The van der Waals surface area contributed by atoms with Crippen molar-refractivity contribution < 1.29 is 97.0 Å². The van der Waals surface area contributed by atoms with E-state index < -0.39 is 19.5 Å². The number of anilines is 1. The molecule has 1 N–H and O–H groups in total. The summed E-state index contributed by atoms with van der Waals surface area (Å²) < 4.78 is 32.9. The molecule has 33 heavy (non-hydrogen) atoms. The third-order valence-corrected chi connectivity index (χ3v) is 6.35. The first-order chi connectivity index (χ1) is 14.7. The van der Waals surface area contributed by atoms with Gasteiger partial charge in [0.25, 0.3) is 0 Å². The molecule has 0 radical (unpaired) electrons. The minimum absolute atomic E-state index is 0. The van der Waals surface area contributed by atoms with Crippen molar-refractivity contribution >= 4 is 44.5 Å². The molecule has 1 aliphatic heterocycles. The molecule has 0 spiro atoms. The molecule has 1 amide bonds. The number of aliphatic imine (C=N–C) groups is 1. The molecular formula is C19H19N2Na2O8PSe. The molecule has 1 aliphatic rings. The van der Waals surface area contributed by atoms with Gasteiger partial charge in [-0.3, -0.25) is 0 Å². The molecule has 166 valence electrons. The summed E-state index contributed by atoms with van der Waals surface area (Å²) >= 11 is 0.0444. The van der Waals surface area contributed by atoms with E-state index in [1.807, 2.05) is 11.9 Å². The van der Waals surface area contributed by atoms with E-state index in [1.165, 1.54) is 20.3 Å². The van der Waals surface area contributed by atoms with E-state index in [2.05, 4.69) is 14.8 Å². The van der Waals surface area contributed by atoms with E-state index >= 15 is 0 Å². The Balaban J connectivity index is 0.00000272. The summed E-state index contributed by atoms with van der Waals surface area (Å²) in [7, 11) is -1.09. The van der Waals surface area contributed by atoms with Crippen LogP contribution in [0, 0.1) is 0 Å². The van der Waals surface area contributed by atoms with E-state index in [0.717, 1.165) is 4.46 Å². The molecule has 14 heteroatoms. The first-order valence-electron chi connectivity index (χ1n) is 8.80. The quantitative estimate of drug-likeness (QED) is 0.261. The predicted molar refractivity (Wildman–Crippen MR) is 111 cm³/mol. The molecule has 0 aliphatic carbocycles. The van der Waals surface area contributed by atoms with Gasteiger partial charge in [0.1, 0.15) is 0 Å². The van der Waals surface area contributed by atoms with Crippen molar-refractivity contribution in [3.63, 3.8) is 0 Å². The number of ether oxygens (including phenoxy) is 3. The zero-order valence-electron chi connectivity index (χ0n) is 19.1. The third-order valence-electron chi connectivity index (χ3n) is 4.38. The number of methoxy groups -OCH3 is 3. The molecule has 10 nitrogen and oxygen atoms in total. The fourth-order valence-corrected chi connectivity index (χ4v) is 4.82. The maximum atomic E-state index is 12.3. The van der Waals surface area contributed by atoms with Crippen LogP contribution in [-0.2, 0) is 9.36 Å². The minimum atomic E-state index is -5.44. The van der Waals surface area contributed by atoms with E-state index in [-0.39, 0.29) is 92.1 Å². The Morgan fingerprint density at radius 3 is 2.24 bits per heavy atom. The average Bonchev–Trinajstić information content (AvgIpc) is 2.90. The van der Waals surface area contributed by atoms with Crippen molar-refractivity contribution in [3.8, 4) is 23.0 Å². The van der Waals surface area contributed by atoms with Crippen LogP contribution in [0.15, 0.2) is 29.3 Å². The fraction of sp³-hybridized carbons (Fsp3) is 0.263. The monoisotopic (exact) mass is 560 g/mol. The molecule has 0 fully saturated rings. The van der Waals surface area contributed by atoms with Crippen LogP contribution in [0.2, 0.25) is 5.82 Å². The fourth-order valence-electron chi connectivity index (χ4n) is 3.13. The SMILES string of the molecule is COc1cc(C2=NCC(=O)Nc3c2ccc(OC)c3OP(=O)([O-])[O-])cc([Se]C)c1OC.[Na+].[Na+].